The molecule has 0 aromatic heterocycles. The number of nitrogens with two attached hydrogens (primary N) is 4. The van der Waals surface area contributed by atoms with Crippen molar-refractivity contribution in [1.29, 1.82) is 0 Å². The number of aliphatic hydroxyl groups is 6. The Balaban J connectivity index is -0.0000000932. The van der Waals surface area contributed by atoms with Crippen molar-refractivity contribution in [3.63, 3.8) is 0 Å². The molecule has 0 aliphatic rings. The largest absolute Gasteiger partial charge is 0.393 e. The summed E-state index contributed by atoms with van der Waals surface area (Å²) in [6.07, 6.45) is 8.86. The first kappa shape index (κ1) is 66.4. The van der Waals surface area contributed by atoms with Gasteiger partial charge in [0.05, 0.1) is 36.6 Å². The van der Waals surface area contributed by atoms with Crippen molar-refractivity contribution in [3.05, 3.63) is 0 Å². The van der Waals surface area contributed by atoms with Crippen LogP contribution in [0.1, 0.15) is 175 Å². The second-order valence-corrected chi connectivity index (χ2v) is 16.6. The van der Waals surface area contributed by atoms with E-state index in [1.807, 2.05) is 0 Å². The monoisotopic (exact) mass is 759 g/mol. The molecule has 0 aliphatic heterocycles. The summed E-state index contributed by atoms with van der Waals surface area (Å²) in [4.78, 5) is 0. The Morgan fingerprint density at radius 1 is 0.327 bits per heavy atom. The van der Waals surface area contributed by atoms with Crippen LogP contribution in [-0.2, 0) is 0 Å². The highest BCUT2D eigenvalue weighted by Crippen LogP contribution is 2.10. The first-order valence-electron chi connectivity index (χ1n) is 20.4. The molecule has 0 saturated heterocycles. The molecule has 14 N–H and O–H groups in total. The summed E-state index contributed by atoms with van der Waals surface area (Å²) in [6, 6.07) is 0. The summed E-state index contributed by atoms with van der Waals surface area (Å²) in [5, 5.41) is 54.3. The number of hydrogen-bond donors (Lipinski definition) is 10. The van der Waals surface area contributed by atoms with E-state index in [0.717, 1.165) is 70.6 Å². The van der Waals surface area contributed by atoms with Crippen molar-refractivity contribution in [2.45, 2.75) is 212 Å². The molecule has 6 atom stereocenters. The van der Waals surface area contributed by atoms with Crippen LogP contribution in [0.15, 0.2) is 0 Å². The molecule has 0 fully saturated rings. The zero-order valence-electron chi connectivity index (χ0n) is 36.5. The Bertz CT molecular complexity index is 532. The third kappa shape index (κ3) is 78.6. The topological polar surface area (TPSA) is 225 Å². The summed E-state index contributed by atoms with van der Waals surface area (Å²) in [5.74, 6) is 3.49. The van der Waals surface area contributed by atoms with Crippen LogP contribution in [0.2, 0.25) is 0 Å². The van der Waals surface area contributed by atoms with Gasteiger partial charge in [0.25, 0.3) is 0 Å². The maximum absolute atomic E-state index is 9.22. The van der Waals surface area contributed by atoms with Crippen molar-refractivity contribution in [2.24, 2.45) is 58.4 Å². The van der Waals surface area contributed by atoms with Gasteiger partial charge in [0.2, 0.25) is 0 Å². The van der Waals surface area contributed by atoms with E-state index in [2.05, 4.69) is 96.9 Å². The Kier molecular flexibility index (Phi) is 62.1. The van der Waals surface area contributed by atoms with E-state index < -0.39 is 0 Å². The fourth-order valence-electron chi connectivity index (χ4n) is 4.77. The molecular weight excluding hydrogens is 656 g/mol. The maximum Gasteiger partial charge on any atom is 0.0664 e. The van der Waals surface area contributed by atoms with Crippen molar-refractivity contribution >= 4 is 0 Å². The molecule has 0 heterocycles. The lowest BCUT2D eigenvalue weighted by molar-refractivity contribution is 0.138. The molecule has 10 nitrogen and oxygen atoms in total. The molecular formula is C42H102N4O6. The van der Waals surface area contributed by atoms with Gasteiger partial charge in [-0.2, -0.15) is 0 Å². The zero-order chi connectivity index (χ0) is 41.5. The van der Waals surface area contributed by atoms with Crippen LogP contribution in [0.3, 0.4) is 0 Å². The van der Waals surface area contributed by atoms with Crippen LogP contribution < -0.4 is 22.9 Å². The second kappa shape index (κ2) is 48.6. The van der Waals surface area contributed by atoms with Crippen molar-refractivity contribution in [3.8, 4) is 0 Å². The van der Waals surface area contributed by atoms with Gasteiger partial charge in [0, 0.05) is 19.6 Å². The molecule has 2 unspecified atom stereocenters. The van der Waals surface area contributed by atoms with Gasteiger partial charge in [0.1, 0.15) is 0 Å². The Hall–Kier alpha value is -0.400. The van der Waals surface area contributed by atoms with Gasteiger partial charge < -0.3 is 53.6 Å². The van der Waals surface area contributed by atoms with E-state index >= 15 is 0 Å². The summed E-state index contributed by atoms with van der Waals surface area (Å²) in [5.41, 5.74) is 20.8. The Labute approximate surface area is 326 Å². The quantitative estimate of drug-likeness (QED) is 0.0588. The standard InChI is InChI=1S/2C8H18O.C7H17NO.3C6H15NO.CH4/c2*1-4-5-8(9)6-7(2)3;1-6(2)5-7(9)3-4-8;3*1-5(2)3-6(8)4-7;/h2*7-9H,4-6H2,1-3H3;6-7,9H,3-5,8H2,1-2H3;3*5-6,8H,3-4,7H2,1-2H3;1H4/t8-;;7-;2*6-;;/m0.110../s1. The molecule has 0 spiro atoms. The molecule has 52 heavy (non-hydrogen) atoms. The van der Waals surface area contributed by atoms with Crippen LogP contribution in [-0.4, -0.2) is 93.4 Å². The fraction of sp³-hybridized carbons (Fsp3) is 1.00. The van der Waals surface area contributed by atoms with Gasteiger partial charge in [-0.25, -0.2) is 0 Å². The van der Waals surface area contributed by atoms with E-state index in [1.54, 1.807) is 0 Å². The first-order chi connectivity index (χ1) is 23.5. The normalized spacial score (nSPS) is 14.2. The zero-order valence-corrected chi connectivity index (χ0v) is 36.5. The molecule has 0 bridgehead atoms. The lowest BCUT2D eigenvalue weighted by atomic mass is 10.0. The van der Waals surface area contributed by atoms with E-state index in [1.165, 1.54) is 0 Å². The molecule has 0 saturated carbocycles. The molecule has 0 radical (unpaired) electrons. The minimum absolute atomic E-state index is 0. The highest BCUT2D eigenvalue weighted by Gasteiger charge is 2.06. The highest BCUT2D eigenvalue weighted by molar-refractivity contribution is 4.60. The summed E-state index contributed by atoms with van der Waals surface area (Å²) < 4.78 is 0. The second-order valence-electron chi connectivity index (χ2n) is 16.6. The van der Waals surface area contributed by atoms with Gasteiger partial charge in [-0.3, -0.25) is 0 Å². The minimum Gasteiger partial charge on any atom is -0.393 e. The van der Waals surface area contributed by atoms with Crippen LogP contribution >= 0.6 is 0 Å². The van der Waals surface area contributed by atoms with E-state index in [4.69, 9.17) is 43.4 Å². The Morgan fingerprint density at radius 2 is 0.500 bits per heavy atom. The lowest BCUT2D eigenvalue weighted by Gasteiger charge is -2.10. The van der Waals surface area contributed by atoms with E-state index in [-0.39, 0.29) is 44.1 Å². The molecule has 10 heteroatoms. The highest BCUT2D eigenvalue weighted by atomic mass is 16.3. The lowest BCUT2D eigenvalue weighted by Crippen LogP contribution is -2.21. The fourth-order valence-corrected chi connectivity index (χ4v) is 4.77. The third-order valence-corrected chi connectivity index (χ3v) is 7.02. The van der Waals surface area contributed by atoms with Crippen molar-refractivity contribution < 1.29 is 30.6 Å². The smallest absolute Gasteiger partial charge is 0.0664 e. The predicted octanol–water partition coefficient (Wildman–Crippen LogP) is 6.82. The van der Waals surface area contributed by atoms with E-state index in [9.17, 15) is 10.2 Å². The van der Waals surface area contributed by atoms with Crippen LogP contribution in [0.4, 0.5) is 0 Å². The van der Waals surface area contributed by atoms with Crippen molar-refractivity contribution in [1.82, 2.24) is 0 Å². The van der Waals surface area contributed by atoms with Crippen molar-refractivity contribution in [2.75, 3.05) is 26.2 Å². The molecule has 0 aromatic rings. The first-order valence-corrected chi connectivity index (χ1v) is 20.4. The number of hydrogen-bond acceptors (Lipinski definition) is 10. The number of aliphatic hydroxyl groups excluding tert-OH is 6. The Morgan fingerprint density at radius 3 is 0.615 bits per heavy atom. The van der Waals surface area contributed by atoms with Gasteiger partial charge in [-0.05, 0) is 99.8 Å². The molecule has 0 aromatic carbocycles. The molecule has 326 valence electrons. The molecule has 0 amide bonds. The molecule has 0 rings (SSSR count). The van der Waals surface area contributed by atoms with E-state index in [0.29, 0.717) is 61.7 Å². The molecule has 0 aliphatic carbocycles. The average molecular weight is 759 g/mol. The van der Waals surface area contributed by atoms with Gasteiger partial charge in [0.15, 0.2) is 0 Å². The SMILES string of the molecule is C.CC(C)CC(O)CN.CC(C)C[C@@H](O)CN.CC(C)C[C@H](O)CCN.CC(C)C[C@H](O)CN.CCCC(O)CC(C)C.CCC[C@H](O)CC(C)C. The predicted molar refractivity (Wildman–Crippen MR) is 230 cm³/mol. The average Bonchev–Trinajstić information content (AvgIpc) is 2.97. The third-order valence-electron chi connectivity index (χ3n) is 7.02. The van der Waals surface area contributed by atoms with Gasteiger partial charge in [-0.15, -0.1) is 0 Å². The number of rotatable bonds is 21. The van der Waals surface area contributed by atoms with Crippen LogP contribution in [0.5, 0.6) is 0 Å². The van der Waals surface area contributed by atoms with Crippen LogP contribution in [0, 0.1) is 35.5 Å². The summed E-state index contributed by atoms with van der Waals surface area (Å²) in [6.45, 7) is 31.1. The van der Waals surface area contributed by atoms with Crippen LogP contribution in [0.25, 0.3) is 0 Å². The van der Waals surface area contributed by atoms with Gasteiger partial charge in [-0.1, -0.05) is 117 Å². The summed E-state index contributed by atoms with van der Waals surface area (Å²) in [7, 11) is 0. The maximum atomic E-state index is 9.22. The van der Waals surface area contributed by atoms with Gasteiger partial charge >= 0.3 is 0 Å². The summed E-state index contributed by atoms with van der Waals surface area (Å²) >= 11 is 0. The minimum atomic E-state index is -0.296.